The largest absolute Gasteiger partial charge is 0.437 e. The van der Waals surface area contributed by atoms with E-state index >= 15 is 0 Å². The Morgan fingerprint density at radius 2 is 2.04 bits per heavy atom. The van der Waals surface area contributed by atoms with Gasteiger partial charge in [-0.1, -0.05) is 42.4 Å². The van der Waals surface area contributed by atoms with Gasteiger partial charge in [0.1, 0.15) is 6.54 Å². The van der Waals surface area contributed by atoms with E-state index in [9.17, 15) is 4.79 Å². The van der Waals surface area contributed by atoms with Crippen molar-refractivity contribution in [3.63, 3.8) is 0 Å². The van der Waals surface area contributed by atoms with E-state index in [1.807, 2.05) is 41.8 Å². The van der Waals surface area contributed by atoms with Crippen molar-refractivity contribution in [3.05, 3.63) is 63.8 Å². The summed E-state index contributed by atoms with van der Waals surface area (Å²) in [4.78, 5) is 17.1. The summed E-state index contributed by atoms with van der Waals surface area (Å²) in [5.41, 5.74) is 2.10. The standard InChI is InChI=1S/C17H14N4O3S/c1-2-11-5-7-12(8-6-11)15-18-14(24-20-15)10-21-17(22)23-16(19-21)13-4-3-9-25-13/h3-9H,2,10H2,1H3. The van der Waals surface area contributed by atoms with Crippen molar-refractivity contribution >= 4 is 11.3 Å². The molecule has 126 valence electrons. The Morgan fingerprint density at radius 3 is 2.76 bits per heavy atom. The molecule has 0 amide bonds. The molecule has 0 atom stereocenters. The second-order valence-corrected chi connectivity index (χ2v) is 6.32. The average Bonchev–Trinajstić information content (AvgIpc) is 3.37. The maximum absolute atomic E-state index is 11.9. The predicted molar refractivity (Wildman–Crippen MR) is 92.3 cm³/mol. The number of hydrogen-bond donors (Lipinski definition) is 0. The zero-order valence-corrected chi connectivity index (χ0v) is 14.2. The molecule has 0 N–H and O–H groups in total. The first-order chi connectivity index (χ1) is 12.2. The highest BCUT2D eigenvalue weighted by atomic mass is 32.1. The maximum atomic E-state index is 11.9. The normalized spacial score (nSPS) is 11.1. The van der Waals surface area contributed by atoms with Gasteiger partial charge in [0.2, 0.25) is 11.7 Å². The van der Waals surface area contributed by atoms with Crippen molar-refractivity contribution < 1.29 is 8.94 Å². The third kappa shape index (κ3) is 3.16. The fraction of sp³-hybridized carbons (Fsp3) is 0.176. The lowest BCUT2D eigenvalue weighted by molar-refractivity contribution is 0.360. The van der Waals surface area contributed by atoms with Crippen molar-refractivity contribution in [3.8, 4) is 22.2 Å². The zero-order chi connectivity index (χ0) is 17.2. The third-order valence-electron chi connectivity index (χ3n) is 3.71. The summed E-state index contributed by atoms with van der Waals surface area (Å²) < 4.78 is 11.6. The highest BCUT2D eigenvalue weighted by Gasteiger charge is 2.15. The van der Waals surface area contributed by atoms with Gasteiger partial charge in [-0.05, 0) is 23.4 Å². The fourth-order valence-corrected chi connectivity index (χ4v) is 3.00. The number of nitrogens with zero attached hydrogens (tertiary/aromatic N) is 4. The molecule has 0 unspecified atom stereocenters. The molecule has 3 heterocycles. The van der Waals surface area contributed by atoms with Gasteiger partial charge in [-0.15, -0.1) is 16.4 Å². The van der Waals surface area contributed by atoms with Gasteiger partial charge in [0.15, 0.2) is 0 Å². The molecule has 4 rings (SSSR count). The summed E-state index contributed by atoms with van der Waals surface area (Å²) in [5, 5.41) is 10.0. The monoisotopic (exact) mass is 354 g/mol. The van der Waals surface area contributed by atoms with Crippen LogP contribution < -0.4 is 5.76 Å². The Kier molecular flexibility index (Phi) is 4.02. The number of rotatable bonds is 5. The first kappa shape index (κ1) is 15.5. The number of hydrogen-bond acceptors (Lipinski definition) is 7. The van der Waals surface area contributed by atoms with Crippen molar-refractivity contribution in [2.45, 2.75) is 19.9 Å². The van der Waals surface area contributed by atoms with Crippen LogP contribution in [0, 0.1) is 0 Å². The highest BCUT2D eigenvalue weighted by molar-refractivity contribution is 7.13. The van der Waals surface area contributed by atoms with Crippen LogP contribution in [0.1, 0.15) is 18.4 Å². The van der Waals surface area contributed by atoms with Gasteiger partial charge in [0, 0.05) is 5.56 Å². The molecule has 0 saturated carbocycles. The van der Waals surface area contributed by atoms with E-state index in [1.165, 1.54) is 21.6 Å². The van der Waals surface area contributed by atoms with Crippen LogP contribution in [0.25, 0.3) is 22.2 Å². The van der Waals surface area contributed by atoms with Gasteiger partial charge in [0.25, 0.3) is 5.89 Å². The number of aryl methyl sites for hydroxylation is 1. The molecule has 25 heavy (non-hydrogen) atoms. The van der Waals surface area contributed by atoms with Crippen LogP contribution >= 0.6 is 11.3 Å². The van der Waals surface area contributed by atoms with Crippen molar-refractivity contribution in [2.24, 2.45) is 0 Å². The van der Waals surface area contributed by atoms with Gasteiger partial charge < -0.3 is 8.94 Å². The Labute approximate surface area is 146 Å². The zero-order valence-electron chi connectivity index (χ0n) is 13.4. The number of thiophene rings is 1. The lowest BCUT2D eigenvalue weighted by Gasteiger charge is -1.97. The lowest BCUT2D eigenvalue weighted by atomic mass is 10.1. The Bertz CT molecular complexity index is 1030. The topological polar surface area (TPSA) is 87.0 Å². The lowest BCUT2D eigenvalue weighted by Crippen LogP contribution is -2.16. The van der Waals surface area contributed by atoms with E-state index in [-0.39, 0.29) is 12.4 Å². The van der Waals surface area contributed by atoms with Gasteiger partial charge in [-0.25, -0.2) is 4.79 Å². The minimum Gasteiger partial charge on any atom is -0.387 e. The van der Waals surface area contributed by atoms with E-state index in [0.29, 0.717) is 11.7 Å². The van der Waals surface area contributed by atoms with E-state index in [0.717, 1.165) is 16.9 Å². The summed E-state index contributed by atoms with van der Waals surface area (Å²) in [6.07, 6.45) is 0.972. The van der Waals surface area contributed by atoms with Crippen molar-refractivity contribution in [2.75, 3.05) is 0 Å². The smallest absolute Gasteiger partial charge is 0.387 e. The van der Waals surface area contributed by atoms with Crippen LogP contribution in [-0.4, -0.2) is 19.9 Å². The fourth-order valence-electron chi connectivity index (χ4n) is 2.36. The van der Waals surface area contributed by atoms with Crippen LogP contribution in [0.3, 0.4) is 0 Å². The highest BCUT2D eigenvalue weighted by Crippen LogP contribution is 2.21. The first-order valence-electron chi connectivity index (χ1n) is 7.76. The molecule has 0 radical (unpaired) electrons. The Morgan fingerprint density at radius 1 is 1.20 bits per heavy atom. The van der Waals surface area contributed by atoms with Gasteiger partial charge in [0.05, 0.1) is 4.88 Å². The second-order valence-electron chi connectivity index (χ2n) is 5.37. The average molecular weight is 354 g/mol. The third-order valence-corrected chi connectivity index (χ3v) is 4.57. The molecule has 3 aromatic heterocycles. The molecule has 7 nitrogen and oxygen atoms in total. The molecular formula is C17H14N4O3S. The summed E-state index contributed by atoms with van der Waals surface area (Å²) in [7, 11) is 0. The molecule has 0 fully saturated rings. The molecule has 0 saturated heterocycles. The van der Waals surface area contributed by atoms with Crippen molar-refractivity contribution in [1.82, 2.24) is 19.9 Å². The minimum atomic E-state index is -0.560. The minimum absolute atomic E-state index is 0.0632. The van der Waals surface area contributed by atoms with Crippen LogP contribution in [0.2, 0.25) is 0 Å². The molecule has 0 aliphatic rings. The predicted octanol–water partition coefficient (Wildman–Crippen LogP) is 3.23. The summed E-state index contributed by atoms with van der Waals surface area (Å²) in [6.45, 7) is 2.16. The van der Waals surface area contributed by atoms with Gasteiger partial charge in [-0.2, -0.15) is 9.67 Å². The van der Waals surface area contributed by atoms with E-state index in [1.54, 1.807) is 0 Å². The summed E-state index contributed by atoms with van der Waals surface area (Å²) >= 11 is 1.45. The van der Waals surface area contributed by atoms with E-state index < -0.39 is 5.76 Å². The molecule has 0 aliphatic heterocycles. The van der Waals surface area contributed by atoms with E-state index in [4.69, 9.17) is 8.94 Å². The first-order valence-corrected chi connectivity index (χ1v) is 8.64. The van der Waals surface area contributed by atoms with Gasteiger partial charge in [-0.3, -0.25) is 0 Å². The van der Waals surface area contributed by atoms with Crippen LogP contribution in [0.5, 0.6) is 0 Å². The Hall–Kier alpha value is -3.00. The molecule has 4 aromatic rings. The molecular weight excluding hydrogens is 340 g/mol. The van der Waals surface area contributed by atoms with Crippen LogP contribution in [0.15, 0.2) is 55.5 Å². The summed E-state index contributed by atoms with van der Waals surface area (Å²) in [5.74, 6) is 0.501. The molecule has 0 aliphatic carbocycles. The Balaban J connectivity index is 1.56. The SMILES string of the molecule is CCc1ccc(-c2noc(Cn3nc(-c4cccs4)oc3=O)n2)cc1. The summed E-state index contributed by atoms with van der Waals surface area (Å²) in [6, 6.07) is 11.7. The van der Waals surface area contributed by atoms with Crippen molar-refractivity contribution in [1.29, 1.82) is 0 Å². The molecule has 8 heteroatoms. The molecule has 1 aromatic carbocycles. The second kappa shape index (κ2) is 6.48. The number of benzene rings is 1. The van der Waals surface area contributed by atoms with E-state index in [2.05, 4.69) is 22.2 Å². The van der Waals surface area contributed by atoms with Crippen LogP contribution in [0.4, 0.5) is 0 Å². The van der Waals surface area contributed by atoms with Gasteiger partial charge >= 0.3 is 5.76 Å². The molecule has 0 bridgehead atoms. The maximum Gasteiger partial charge on any atom is 0.437 e. The molecule has 0 spiro atoms. The van der Waals surface area contributed by atoms with Crippen LogP contribution in [-0.2, 0) is 13.0 Å². The number of aromatic nitrogens is 4. The quantitative estimate of drug-likeness (QED) is 0.547.